The highest BCUT2D eigenvalue weighted by Gasteiger charge is 2.37. The number of nitrogens with zero attached hydrogens (tertiary/aromatic N) is 2. The molecule has 1 aliphatic heterocycles. The molecule has 1 amide bonds. The van der Waals surface area contributed by atoms with E-state index in [1.165, 1.54) is 0 Å². The first-order chi connectivity index (χ1) is 10.2. The lowest BCUT2D eigenvalue weighted by molar-refractivity contribution is -0.0468. The lowest BCUT2D eigenvalue weighted by atomic mass is 9.95. The van der Waals surface area contributed by atoms with Gasteiger partial charge in [0.15, 0.2) is 0 Å². The molecule has 0 spiro atoms. The third-order valence-corrected chi connectivity index (χ3v) is 3.91. The molecule has 0 N–H and O–H groups in total. The number of carbonyl (C=O) groups is 1. The van der Waals surface area contributed by atoms with E-state index in [2.05, 4.69) is 18.8 Å². The van der Waals surface area contributed by atoms with Crippen molar-refractivity contribution in [3.8, 4) is 5.75 Å². The lowest BCUT2D eigenvalue weighted by Gasteiger charge is -2.44. The smallest absolute Gasteiger partial charge is 0.273 e. The van der Waals surface area contributed by atoms with Gasteiger partial charge in [0.25, 0.3) is 5.91 Å². The van der Waals surface area contributed by atoms with Crippen LogP contribution in [0.15, 0.2) is 18.3 Å². The van der Waals surface area contributed by atoms with E-state index in [9.17, 15) is 4.79 Å². The van der Waals surface area contributed by atoms with Gasteiger partial charge in [-0.3, -0.25) is 4.79 Å². The highest BCUT2D eigenvalue weighted by atomic mass is 16.5. The first kappa shape index (κ1) is 16.7. The molecular formula is C17H26N2O3. The molecular weight excluding hydrogens is 280 g/mol. The zero-order chi connectivity index (χ0) is 16.4. The van der Waals surface area contributed by atoms with Crippen molar-refractivity contribution in [3.05, 3.63) is 24.0 Å². The highest BCUT2D eigenvalue weighted by Crippen LogP contribution is 2.25. The second-order valence-corrected chi connectivity index (χ2v) is 6.95. The largest absolute Gasteiger partial charge is 0.487 e. The Morgan fingerprint density at radius 2 is 2.18 bits per heavy atom. The lowest BCUT2D eigenvalue weighted by Crippen LogP contribution is -2.57. The van der Waals surface area contributed by atoms with E-state index >= 15 is 0 Å². The summed E-state index contributed by atoms with van der Waals surface area (Å²) in [6.07, 6.45) is 2.46. The van der Waals surface area contributed by atoms with Crippen LogP contribution in [0, 0.1) is 0 Å². The summed E-state index contributed by atoms with van der Waals surface area (Å²) in [5.41, 5.74) is -0.0988. The normalized spacial score (nSPS) is 22.5. The summed E-state index contributed by atoms with van der Waals surface area (Å²) in [5.74, 6) is 0.624. The van der Waals surface area contributed by atoms with Crippen molar-refractivity contribution in [2.24, 2.45) is 0 Å². The molecule has 1 aliphatic rings. The van der Waals surface area contributed by atoms with Gasteiger partial charge in [0, 0.05) is 6.54 Å². The molecule has 0 bridgehead atoms. The monoisotopic (exact) mass is 306 g/mol. The van der Waals surface area contributed by atoms with Crippen molar-refractivity contribution in [1.82, 2.24) is 9.88 Å². The Kier molecular flexibility index (Phi) is 4.75. The highest BCUT2D eigenvalue weighted by molar-refractivity contribution is 5.93. The van der Waals surface area contributed by atoms with Crippen molar-refractivity contribution in [2.45, 2.75) is 52.2 Å². The molecule has 22 heavy (non-hydrogen) atoms. The predicted octanol–water partition coefficient (Wildman–Crippen LogP) is 2.90. The van der Waals surface area contributed by atoms with Gasteiger partial charge in [0.05, 0.1) is 24.9 Å². The van der Waals surface area contributed by atoms with E-state index in [1.807, 2.05) is 25.7 Å². The molecule has 5 heteroatoms. The minimum Gasteiger partial charge on any atom is -0.487 e. The van der Waals surface area contributed by atoms with Crippen LogP contribution in [0.4, 0.5) is 0 Å². The average Bonchev–Trinajstić information content (AvgIpc) is 2.46. The van der Waals surface area contributed by atoms with Crippen molar-refractivity contribution in [2.75, 3.05) is 19.8 Å². The average molecular weight is 306 g/mol. The minimum atomic E-state index is -0.280. The van der Waals surface area contributed by atoms with Crippen LogP contribution in [-0.2, 0) is 4.74 Å². The molecule has 0 aliphatic carbocycles. The van der Waals surface area contributed by atoms with Gasteiger partial charge in [0.1, 0.15) is 17.0 Å². The minimum absolute atomic E-state index is 0.0463. The third-order valence-electron chi connectivity index (χ3n) is 3.91. The SMILES string of the molecule is CCC1(C)COCCN1C(=O)c1ccc(OC(C)(C)C)cn1. The van der Waals surface area contributed by atoms with E-state index in [-0.39, 0.29) is 17.0 Å². The van der Waals surface area contributed by atoms with Crippen LogP contribution >= 0.6 is 0 Å². The summed E-state index contributed by atoms with van der Waals surface area (Å²) in [4.78, 5) is 18.9. The van der Waals surface area contributed by atoms with Crippen LogP contribution in [0.5, 0.6) is 5.75 Å². The fourth-order valence-electron chi connectivity index (χ4n) is 2.49. The first-order valence-electron chi connectivity index (χ1n) is 7.80. The van der Waals surface area contributed by atoms with Crippen molar-refractivity contribution in [3.63, 3.8) is 0 Å². The van der Waals surface area contributed by atoms with Gasteiger partial charge >= 0.3 is 0 Å². The van der Waals surface area contributed by atoms with Crippen molar-refractivity contribution in [1.29, 1.82) is 0 Å². The maximum absolute atomic E-state index is 12.7. The van der Waals surface area contributed by atoms with Gasteiger partial charge in [-0.2, -0.15) is 0 Å². The second kappa shape index (κ2) is 6.24. The molecule has 0 saturated carbocycles. The van der Waals surface area contributed by atoms with Crippen molar-refractivity contribution < 1.29 is 14.3 Å². The van der Waals surface area contributed by atoms with E-state index in [0.717, 1.165) is 6.42 Å². The summed E-state index contributed by atoms with van der Waals surface area (Å²) < 4.78 is 11.3. The van der Waals surface area contributed by atoms with Crippen molar-refractivity contribution >= 4 is 5.91 Å². The molecule has 1 fully saturated rings. The molecule has 1 unspecified atom stereocenters. The quantitative estimate of drug-likeness (QED) is 0.861. The van der Waals surface area contributed by atoms with Gasteiger partial charge in [-0.15, -0.1) is 0 Å². The van der Waals surface area contributed by atoms with Gasteiger partial charge in [-0.25, -0.2) is 4.98 Å². The molecule has 122 valence electrons. The number of pyridine rings is 1. The molecule has 2 heterocycles. The summed E-state index contributed by atoms with van der Waals surface area (Å²) in [5, 5.41) is 0. The van der Waals surface area contributed by atoms with Gasteiger partial charge in [0.2, 0.25) is 0 Å². The molecule has 1 aromatic heterocycles. The van der Waals surface area contributed by atoms with Gasteiger partial charge < -0.3 is 14.4 Å². The van der Waals surface area contributed by atoms with Crippen LogP contribution in [0.25, 0.3) is 0 Å². The zero-order valence-corrected chi connectivity index (χ0v) is 14.2. The number of hydrogen-bond acceptors (Lipinski definition) is 4. The Balaban J connectivity index is 2.15. The standard InChI is InChI=1S/C17H26N2O3/c1-6-17(5)12-21-10-9-19(17)15(20)14-8-7-13(11-18-14)22-16(2,3)4/h7-8,11H,6,9-10,12H2,1-5H3. The zero-order valence-electron chi connectivity index (χ0n) is 14.2. The number of aromatic nitrogens is 1. The van der Waals surface area contributed by atoms with Crippen LogP contribution in [0.3, 0.4) is 0 Å². The fourth-order valence-corrected chi connectivity index (χ4v) is 2.49. The van der Waals surface area contributed by atoms with E-state index in [4.69, 9.17) is 9.47 Å². The Bertz CT molecular complexity index is 522. The second-order valence-electron chi connectivity index (χ2n) is 6.95. The van der Waals surface area contributed by atoms with E-state index in [1.54, 1.807) is 18.3 Å². The molecule has 1 aromatic rings. The maximum atomic E-state index is 12.7. The van der Waals surface area contributed by atoms with Crippen LogP contribution in [0.2, 0.25) is 0 Å². The summed E-state index contributed by atoms with van der Waals surface area (Å²) >= 11 is 0. The van der Waals surface area contributed by atoms with E-state index < -0.39 is 0 Å². The number of ether oxygens (including phenoxy) is 2. The molecule has 2 rings (SSSR count). The predicted molar refractivity (Wildman–Crippen MR) is 85.2 cm³/mol. The maximum Gasteiger partial charge on any atom is 0.273 e. The first-order valence-corrected chi connectivity index (χ1v) is 7.80. The van der Waals surface area contributed by atoms with Crippen LogP contribution < -0.4 is 4.74 Å². The van der Waals surface area contributed by atoms with Gasteiger partial charge in [-0.05, 0) is 46.2 Å². The Hall–Kier alpha value is -1.62. The van der Waals surface area contributed by atoms with E-state index in [0.29, 0.717) is 31.2 Å². The Labute approximate surface area is 132 Å². The number of carbonyl (C=O) groups excluding carboxylic acids is 1. The summed E-state index contributed by atoms with van der Waals surface area (Å²) in [7, 11) is 0. The molecule has 5 nitrogen and oxygen atoms in total. The van der Waals surface area contributed by atoms with Gasteiger partial charge in [-0.1, -0.05) is 6.92 Å². The molecule has 0 aromatic carbocycles. The number of rotatable bonds is 3. The summed E-state index contributed by atoms with van der Waals surface area (Å²) in [6.45, 7) is 11.8. The number of morpholine rings is 1. The fraction of sp³-hybridized carbons (Fsp3) is 0.647. The third kappa shape index (κ3) is 3.77. The Morgan fingerprint density at radius 1 is 1.45 bits per heavy atom. The summed E-state index contributed by atoms with van der Waals surface area (Å²) in [6, 6.07) is 3.53. The molecule has 0 radical (unpaired) electrons. The Morgan fingerprint density at radius 3 is 2.73 bits per heavy atom. The topological polar surface area (TPSA) is 51.7 Å². The van der Waals surface area contributed by atoms with Crippen LogP contribution in [-0.4, -0.2) is 46.7 Å². The van der Waals surface area contributed by atoms with Crippen LogP contribution in [0.1, 0.15) is 51.5 Å². The molecule has 1 atom stereocenters. The number of amides is 1. The molecule has 1 saturated heterocycles. The number of hydrogen-bond donors (Lipinski definition) is 0.